The number of rotatable bonds is 4. The number of amides is 1. The fourth-order valence-electron chi connectivity index (χ4n) is 1.92. The second-order valence-electron chi connectivity index (χ2n) is 4.67. The van der Waals surface area contributed by atoms with E-state index in [4.69, 9.17) is 0 Å². The first-order valence-electron chi connectivity index (χ1n) is 6.24. The van der Waals surface area contributed by atoms with Gasteiger partial charge in [0.15, 0.2) is 0 Å². The molecule has 0 saturated carbocycles. The van der Waals surface area contributed by atoms with Crippen molar-refractivity contribution in [2.75, 3.05) is 19.6 Å². The van der Waals surface area contributed by atoms with E-state index in [9.17, 15) is 4.79 Å². The molecule has 1 fully saturated rings. The predicted octanol–water partition coefficient (Wildman–Crippen LogP) is -1.58. The van der Waals surface area contributed by atoms with Crippen molar-refractivity contribution in [1.82, 2.24) is 30.7 Å². The molecule has 1 aromatic heterocycles. The summed E-state index contributed by atoms with van der Waals surface area (Å²) in [6, 6.07) is 0.286. The lowest BCUT2D eigenvalue weighted by molar-refractivity contribution is -0.123. The predicted molar refractivity (Wildman–Crippen MR) is 67.0 cm³/mol. The van der Waals surface area contributed by atoms with Crippen LogP contribution in [0.2, 0.25) is 0 Å². The molecule has 1 amide bonds. The fourth-order valence-corrected chi connectivity index (χ4v) is 1.92. The Balaban J connectivity index is 1.70. The highest BCUT2D eigenvalue weighted by Crippen LogP contribution is 1.94. The number of aromatic nitrogens is 3. The number of aryl methyl sites for hydroxylation is 1. The van der Waals surface area contributed by atoms with Gasteiger partial charge >= 0.3 is 0 Å². The summed E-state index contributed by atoms with van der Waals surface area (Å²) in [6.07, 6.45) is 2.35. The highest BCUT2D eigenvalue weighted by Gasteiger charge is 2.22. The first-order chi connectivity index (χ1) is 8.66. The average Bonchev–Trinajstić information content (AvgIpc) is 2.76. The van der Waals surface area contributed by atoms with Gasteiger partial charge in [-0.05, 0) is 6.92 Å². The van der Waals surface area contributed by atoms with Crippen molar-refractivity contribution in [2.45, 2.75) is 25.4 Å². The van der Waals surface area contributed by atoms with E-state index in [0.29, 0.717) is 25.6 Å². The van der Waals surface area contributed by atoms with Crippen LogP contribution in [0, 0.1) is 0 Å². The van der Waals surface area contributed by atoms with Gasteiger partial charge in [0.05, 0.1) is 6.04 Å². The van der Waals surface area contributed by atoms with Crippen molar-refractivity contribution in [3.05, 3.63) is 12.2 Å². The van der Waals surface area contributed by atoms with Crippen LogP contribution in [-0.2, 0) is 18.3 Å². The van der Waals surface area contributed by atoms with Crippen molar-refractivity contribution in [2.24, 2.45) is 7.05 Å². The van der Waals surface area contributed by atoms with Gasteiger partial charge in [-0.25, -0.2) is 0 Å². The third kappa shape index (κ3) is 3.27. The monoisotopic (exact) mass is 252 g/mol. The molecule has 0 radical (unpaired) electrons. The zero-order valence-electron chi connectivity index (χ0n) is 10.8. The molecule has 2 heterocycles. The lowest BCUT2D eigenvalue weighted by atomic mass is 10.1. The SMILES string of the molecule is CC1CNC(C(=O)NCCc2nncn2C)CN1. The van der Waals surface area contributed by atoms with Gasteiger partial charge in [-0.2, -0.15) is 0 Å². The molecule has 0 aliphatic carbocycles. The van der Waals surface area contributed by atoms with Crippen molar-refractivity contribution in [3.8, 4) is 0 Å². The van der Waals surface area contributed by atoms with Gasteiger partial charge in [0.1, 0.15) is 12.2 Å². The summed E-state index contributed by atoms with van der Waals surface area (Å²) in [4.78, 5) is 11.9. The standard InChI is InChI=1S/C11H20N6O/c1-8-5-14-9(6-13-8)11(18)12-4-3-10-16-15-7-17(10)2/h7-9,13-14H,3-6H2,1-2H3,(H,12,18). The molecular weight excluding hydrogens is 232 g/mol. The molecule has 0 spiro atoms. The van der Waals surface area contributed by atoms with Crippen LogP contribution in [-0.4, -0.2) is 52.4 Å². The second-order valence-corrected chi connectivity index (χ2v) is 4.67. The smallest absolute Gasteiger partial charge is 0.238 e. The molecule has 7 nitrogen and oxygen atoms in total. The number of nitrogens with one attached hydrogen (secondary N) is 3. The molecule has 18 heavy (non-hydrogen) atoms. The van der Waals surface area contributed by atoms with Crippen molar-refractivity contribution in [1.29, 1.82) is 0 Å². The first-order valence-corrected chi connectivity index (χ1v) is 6.24. The molecule has 3 N–H and O–H groups in total. The molecule has 1 aliphatic heterocycles. The van der Waals surface area contributed by atoms with Gasteiger partial charge in [-0.3, -0.25) is 4.79 Å². The van der Waals surface area contributed by atoms with E-state index in [0.717, 1.165) is 12.4 Å². The number of carbonyl (C=O) groups excluding carboxylic acids is 1. The van der Waals surface area contributed by atoms with Gasteiger partial charge < -0.3 is 20.5 Å². The van der Waals surface area contributed by atoms with Crippen LogP contribution in [0.3, 0.4) is 0 Å². The van der Waals surface area contributed by atoms with Crippen LogP contribution < -0.4 is 16.0 Å². The number of carbonyl (C=O) groups is 1. The van der Waals surface area contributed by atoms with Gasteiger partial charge in [-0.15, -0.1) is 10.2 Å². The minimum absolute atomic E-state index is 0.0385. The van der Waals surface area contributed by atoms with Crippen LogP contribution in [0.1, 0.15) is 12.7 Å². The summed E-state index contributed by atoms with van der Waals surface area (Å²) >= 11 is 0. The normalized spacial score (nSPS) is 23.9. The Morgan fingerprint density at radius 1 is 1.56 bits per heavy atom. The third-order valence-electron chi connectivity index (χ3n) is 3.11. The van der Waals surface area contributed by atoms with Gasteiger partial charge in [0.25, 0.3) is 0 Å². The summed E-state index contributed by atoms with van der Waals surface area (Å²) in [6.45, 7) is 4.17. The zero-order chi connectivity index (χ0) is 13.0. The van der Waals surface area contributed by atoms with E-state index >= 15 is 0 Å². The molecule has 100 valence electrons. The Bertz CT molecular complexity index is 396. The average molecular weight is 252 g/mol. The molecule has 1 aromatic rings. The third-order valence-corrected chi connectivity index (χ3v) is 3.11. The Labute approximate surface area is 106 Å². The highest BCUT2D eigenvalue weighted by atomic mass is 16.2. The molecule has 2 rings (SSSR count). The van der Waals surface area contributed by atoms with Gasteiger partial charge in [0, 0.05) is 39.1 Å². The molecule has 2 unspecified atom stereocenters. The topological polar surface area (TPSA) is 83.9 Å². The first kappa shape index (κ1) is 13.0. The van der Waals surface area contributed by atoms with Crippen LogP contribution >= 0.6 is 0 Å². The summed E-state index contributed by atoms with van der Waals surface area (Å²) in [7, 11) is 1.89. The maximum absolute atomic E-state index is 11.9. The molecule has 0 bridgehead atoms. The van der Waals surface area contributed by atoms with E-state index in [1.807, 2.05) is 11.6 Å². The minimum Gasteiger partial charge on any atom is -0.354 e. The molecule has 1 saturated heterocycles. The zero-order valence-corrected chi connectivity index (χ0v) is 10.8. The van der Waals surface area contributed by atoms with Crippen molar-refractivity contribution >= 4 is 5.91 Å². The Morgan fingerprint density at radius 2 is 2.39 bits per heavy atom. The van der Waals surface area contributed by atoms with E-state index < -0.39 is 0 Å². The van der Waals surface area contributed by atoms with Gasteiger partial charge in [-0.1, -0.05) is 0 Å². The van der Waals surface area contributed by atoms with E-state index in [1.54, 1.807) is 6.33 Å². The fraction of sp³-hybridized carbons (Fsp3) is 0.727. The van der Waals surface area contributed by atoms with E-state index in [2.05, 4.69) is 33.1 Å². The van der Waals surface area contributed by atoms with Crippen LogP contribution in [0.25, 0.3) is 0 Å². The van der Waals surface area contributed by atoms with Crippen molar-refractivity contribution < 1.29 is 4.79 Å². The summed E-state index contributed by atoms with van der Waals surface area (Å²) in [5.74, 6) is 0.912. The Morgan fingerprint density at radius 3 is 3.00 bits per heavy atom. The maximum Gasteiger partial charge on any atom is 0.238 e. The lowest BCUT2D eigenvalue weighted by Gasteiger charge is -2.28. The maximum atomic E-state index is 11.9. The van der Waals surface area contributed by atoms with Crippen molar-refractivity contribution in [3.63, 3.8) is 0 Å². The Hall–Kier alpha value is -1.47. The molecule has 0 aromatic carbocycles. The number of hydrogen-bond acceptors (Lipinski definition) is 5. The van der Waals surface area contributed by atoms with Crippen LogP contribution in [0.15, 0.2) is 6.33 Å². The summed E-state index contributed by atoms with van der Waals surface area (Å²) in [5.41, 5.74) is 0. The minimum atomic E-state index is -0.138. The summed E-state index contributed by atoms with van der Waals surface area (Å²) < 4.78 is 1.86. The highest BCUT2D eigenvalue weighted by molar-refractivity contribution is 5.82. The largest absolute Gasteiger partial charge is 0.354 e. The van der Waals surface area contributed by atoms with Crippen LogP contribution in [0.4, 0.5) is 0 Å². The molecule has 1 aliphatic rings. The molecule has 7 heteroatoms. The van der Waals surface area contributed by atoms with Gasteiger partial charge in [0.2, 0.25) is 5.91 Å². The number of nitrogens with zero attached hydrogens (tertiary/aromatic N) is 3. The van der Waals surface area contributed by atoms with Crippen LogP contribution in [0.5, 0.6) is 0 Å². The number of piperazine rings is 1. The molecular formula is C11H20N6O. The van der Waals surface area contributed by atoms with E-state index in [1.165, 1.54) is 0 Å². The Kier molecular flexibility index (Phi) is 4.27. The quantitative estimate of drug-likeness (QED) is 0.602. The number of hydrogen-bond donors (Lipinski definition) is 3. The molecule has 2 atom stereocenters. The summed E-state index contributed by atoms with van der Waals surface area (Å²) in [5, 5.41) is 17.2. The lowest BCUT2D eigenvalue weighted by Crippen LogP contribution is -2.59. The van der Waals surface area contributed by atoms with E-state index in [-0.39, 0.29) is 11.9 Å². The second kappa shape index (κ2) is 5.92.